The van der Waals surface area contributed by atoms with E-state index in [-0.39, 0.29) is 34.7 Å². The van der Waals surface area contributed by atoms with Crippen LogP contribution in [0.15, 0.2) is 21.3 Å². The molecule has 0 aliphatic rings. The first kappa shape index (κ1) is 23.9. The van der Waals surface area contributed by atoms with Crippen LogP contribution in [-0.2, 0) is 14.8 Å². The van der Waals surface area contributed by atoms with E-state index in [4.69, 9.17) is 16.3 Å². The molecule has 0 radical (unpaired) electrons. The molecule has 1 rings (SSSR count). The zero-order valence-corrected chi connectivity index (χ0v) is 18.4. The second-order valence-electron chi connectivity index (χ2n) is 4.49. The van der Waals surface area contributed by atoms with Crippen molar-refractivity contribution in [1.82, 2.24) is 15.4 Å². The number of guanidine groups is 1. The highest BCUT2D eigenvalue weighted by atomic mass is 127. The molecule has 0 aromatic carbocycles. The molecule has 1 aromatic heterocycles. The minimum atomic E-state index is -3.51. The zero-order valence-electron chi connectivity index (χ0n) is 13.7. The summed E-state index contributed by atoms with van der Waals surface area (Å²) in [4.78, 5) is 4.37. The molecule has 0 aliphatic carbocycles. The fraction of sp³-hybridized carbons (Fsp3) is 0.615. The van der Waals surface area contributed by atoms with Crippen LogP contribution in [0.4, 0.5) is 0 Å². The Labute approximate surface area is 169 Å². The highest BCUT2D eigenvalue weighted by molar-refractivity contribution is 14.0. The van der Waals surface area contributed by atoms with E-state index in [9.17, 15) is 8.42 Å². The van der Waals surface area contributed by atoms with Gasteiger partial charge in [-0.05, 0) is 25.5 Å². The maximum absolute atomic E-state index is 12.0. The second kappa shape index (κ2) is 13.1. The van der Waals surface area contributed by atoms with Crippen LogP contribution in [0.1, 0.15) is 13.3 Å². The Kier molecular flexibility index (Phi) is 13.0. The molecule has 0 atom stereocenters. The fourth-order valence-corrected chi connectivity index (χ4v) is 4.18. The Balaban J connectivity index is 0.00000529. The third-order valence-corrected chi connectivity index (χ3v) is 5.83. The Morgan fingerprint density at radius 2 is 2.08 bits per heavy atom. The molecule has 1 aromatic rings. The molecule has 3 N–H and O–H groups in total. The van der Waals surface area contributed by atoms with Gasteiger partial charge in [0, 0.05) is 39.9 Å². The predicted molar refractivity (Wildman–Crippen MR) is 110 cm³/mol. The Morgan fingerprint density at radius 1 is 1.33 bits per heavy atom. The van der Waals surface area contributed by atoms with Crippen LogP contribution < -0.4 is 15.4 Å². The summed E-state index contributed by atoms with van der Waals surface area (Å²) in [6, 6.07) is 3.05. The maximum atomic E-state index is 12.0. The zero-order chi connectivity index (χ0) is 17.1. The van der Waals surface area contributed by atoms with Gasteiger partial charge < -0.3 is 15.4 Å². The largest absolute Gasteiger partial charge is 0.385 e. The summed E-state index contributed by atoms with van der Waals surface area (Å²) in [7, 11) is -1.85. The number of hydrogen-bond donors (Lipinski definition) is 3. The lowest BCUT2D eigenvalue weighted by Crippen LogP contribution is -2.41. The van der Waals surface area contributed by atoms with Crippen LogP contribution in [0.25, 0.3) is 0 Å². The van der Waals surface area contributed by atoms with Crippen molar-refractivity contribution in [3.8, 4) is 0 Å². The van der Waals surface area contributed by atoms with E-state index in [2.05, 4.69) is 20.3 Å². The van der Waals surface area contributed by atoms with Gasteiger partial charge in [-0.3, -0.25) is 4.99 Å². The van der Waals surface area contributed by atoms with Crippen molar-refractivity contribution in [2.75, 3.05) is 39.9 Å². The number of sulfonamides is 1. The van der Waals surface area contributed by atoms with Crippen molar-refractivity contribution in [2.24, 2.45) is 4.99 Å². The molecule has 0 spiro atoms. The first-order valence-electron chi connectivity index (χ1n) is 7.25. The molecule has 11 heteroatoms. The van der Waals surface area contributed by atoms with E-state index < -0.39 is 10.0 Å². The molecule has 7 nitrogen and oxygen atoms in total. The van der Waals surface area contributed by atoms with Gasteiger partial charge in [-0.15, -0.1) is 35.3 Å². The fourth-order valence-electron chi connectivity index (χ4n) is 1.62. The summed E-state index contributed by atoms with van der Waals surface area (Å²) in [5, 5.41) is 6.17. The van der Waals surface area contributed by atoms with Crippen molar-refractivity contribution in [3.05, 3.63) is 16.5 Å². The lowest BCUT2D eigenvalue weighted by atomic mass is 10.5. The van der Waals surface area contributed by atoms with Gasteiger partial charge in [0.25, 0.3) is 0 Å². The Bertz CT molecular complexity index is 596. The van der Waals surface area contributed by atoms with E-state index in [1.807, 2.05) is 6.92 Å². The van der Waals surface area contributed by atoms with Crippen LogP contribution >= 0.6 is 46.9 Å². The van der Waals surface area contributed by atoms with E-state index in [1.54, 1.807) is 13.2 Å². The van der Waals surface area contributed by atoms with E-state index in [0.29, 0.717) is 30.0 Å². The molecule has 0 amide bonds. The minimum Gasteiger partial charge on any atom is -0.385 e. The number of aliphatic imine (C=N–C) groups is 1. The summed E-state index contributed by atoms with van der Waals surface area (Å²) in [5.74, 6) is 0.655. The minimum absolute atomic E-state index is 0. The maximum Gasteiger partial charge on any atom is 0.250 e. The molecule has 0 saturated carbocycles. The number of thiophene rings is 1. The SMILES string of the molecule is CCNC(=NCCCOC)NCCNS(=O)(=O)c1ccc(Cl)s1.I. The molecule has 24 heavy (non-hydrogen) atoms. The van der Waals surface area contributed by atoms with Gasteiger partial charge in [0.05, 0.1) is 4.34 Å². The van der Waals surface area contributed by atoms with Crippen molar-refractivity contribution in [2.45, 2.75) is 17.6 Å². The second-order valence-corrected chi connectivity index (χ2v) is 8.20. The number of ether oxygens (including phenoxy) is 1. The number of halogens is 2. The van der Waals surface area contributed by atoms with E-state index in [1.165, 1.54) is 6.07 Å². The monoisotopic (exact) mass is 510 g/mol. The molecule has 0 aliphatic heterocycles. The third kappa shape index (κ3) is 9.37. The van der Waals surface area contributed by atoms with E-state index >= 15 is 0 Å². The van der Waals surface area contributed by atoms with Crippen molar-refractivity contribution in [1.29, 1.82) is 0 Å². The molecule has 0 saturated heterocycles. The van der Waals surface area contributed by atoms with Gasteiger partial charge in [0.2, 0.25) is 10.0 Å². The number of hydrogen-bond acceptors (Lipinski definition) is 5. The summed E-state index contributed by atoms with van der Waals surface area (Å²) >= 11 is 6.79. The van der Waals surface area contributed by atoms with Gasteiger partial charge >= 0.3 is 0 Å². The molecule has 0 unspecified atom stereocenters. The van der Waals surface area contributed by atoms with Crippen LogP contribution in [0.3, 0.4) is 0 Å². The average molecular weight is 511 g/mol. The third-order valence-electron chi connectivity index (χ3n) is 2.64. The number of rotatable bonds is 10. The first-order chi connectivity index (χ1) is 11.0. The number of methoxy groups -OCH3 is 1. The van der Waals surface area contributed by atoms with Gasteiger partial charge in [-0.2, -0.15) is 0 Å². The smallest absolute Gasteiger partial charge is 0.250 e. The molecule has 0 bridgehead atoms. The highest BCUT2D eigenvalue weighted by Gasteiger charge is 2.15. The quantitative estimate of drug-likeness (QED) is 0.194. The van der Waals surface area contributed by atoms with Crippen LogP contribution in [0, 0.1) is 0 Å². The highest BCUT2D eigenvalue weighted by Crippen LogP contribution is 2.24. The molecule has 0 fully saturated rings. The predicted octanol–water partition coefficient (Wildman–Crippen LogP) is 1.89. The van der Waals surface area contributed by atoms with Crippen LogP contribution in [0.5, 0.6) is 0 Å². The normalized spacial score (nSPS) is 11.9. The average Bonchev–Trinajstić information content (AvgIpc) is 2.95. The molecule has 140 valence electrons. The Morgan fingerprint density at radius 3 is 2.67 bits per heavy atom. The summed E-state index contributed by atoms with van der Waals surface area (Å²) in [6.45, 7) is 4.68. The van der Waals surface area contributed by atoms with Gasteiger partial charge in [-0.25, -0.2) is 13.1 Å². The van der Waals surface area contributed by atoms with Crippen molar-refractivity contribution < 1.29 is 13.2 Å². The van der Waals surface area contributed by atoms with Crippen LogP contribution in [-0.4, -0.2) is 54.3 Å². The summed E-state index contributed by atoms with van der Waals surface area (Å²) in [6.07, 6.45) is 0.832. The summed E-state index contributed by atoms with van der Waals surface area (Å²) < 4.78 is 32.2. The lowest BCUT2D eigenvalue weighted by Gasteiger charge is -2.11. The van der Waals surface area contributed by atoms with Crippen LogP contribution in [0.2, 0.25) is 4.34 Å². The van der Waals surface area contributed by atoms with Gasteiger partial charge in [0.15, 0.2) is 5.96 Å². The lowest BCUT2D eigenvalue weighted by molar-refractivity contribution is 0.197. The van der Waals surface area contributed by atoms with Crippen molar-refractivity contribution in [3.63, 3.8) is 0 Å². The summed E-state index contributed by atoms with van der Waals surface area (Å²) in [5.41, 5.74) is 0. The van der Waals surface area contributed by atoms with Crippen molar-refractivity contribution >= 4 is 62.9 Å². The molecular weight excluding hydrogens is 487 g/mol. The number of nitrogens with zero attached hydrogens (tertiary/aromatic N) is 1. The molecule has 1 heterocycles. The topological polar surface area (TPSA) is 91.8 Å². The first-order valence-corrected chi connectivity index (χ1v) is 9.93. The molecular formula is C13H24ClIN4O3S2. The van der Waals surface area contributed by atoms with E-state index in [0.717, 1.165) is 24.3 Å². The standard InChI is InChI=1S/C13H23ClN4O3S2.HI/c1-3-15-13(16-7-4-10-21-2)17-8-9-18-23(19,20)12-6-5-11(14)22-12;/h5-6,18H,3-4,7-10H2,1-2H3,(H2,15,16,17);1H. The number of nitrogens with one attached hydrogen (secondary N) is 3. The Hall–Kier alpha value is -0.140. The van der Waals surface area contributed by atoms with Gasteiger partial charge in [-0.1, -0.05) is 11.6 Å². The van der Waals surface area contributed by atoms with Gasteiger partial charge in [0.1, 0.15) is 4.21 Å².